The van der Waals surface area contributed by atoms with Gasteiger partial charge in [0.1, 0.15) is 5.82 Å². The van der Waals surface area contributed by atoms with E-state index in [0.717, 1.165) is 31.9 Å². The summed E-state index contributed by atoms with van der Waals surface area (Å²) in [6.07, 6.45) is 3.92. The maximum Gasteiger partial charge on any atom is 0.307 e. The summed E-state index contributed by atoms with van der Waals surface area (Å²) in [7, 11) is 0. The van der Waals surface area contributed by atoms with Crippen LogP contribution in [0.4, 0.5) is 10.1 Å². The van der Waals surface area contributed by atoms with E-state index < -0.39 is 11.8 Å². The highest BCUT2D eigenvalue weighted by Crippen LogP contribution is 2.18. The molecular weight excluding hydrogens is 289 g/mol. The lowest BCUT2D eigenvalue weighted by Crippen LogP contribution is -2.21. The fourth-order valence-electron chi connectivity index (χ4n) is 2.48. The fourth-order valence-corrected chi connectivity index (χ4v) is 2.48. The van der Waals surface area contributed by atoms with Crippen molar-refractivity contribution in [3.8, 4) is 0 Å². The van der Waals surface area contributed by atoms with E-state index >= 15 is 0 Å². The number of ether oxygens (including phenoxy) is 1. The molecule has 1 aromatic rings. The highest BCUT2D eigenvalue weighted by Gasteiger charge is 2.15. The number of hydrogen-bond donors (Lipinski definition) is 2. The average molecular weight is 309 g/mol. The monoisotopic (exact) mass is 309 g/mol. The van der Waals surface area contributed by atoms with Gasteiger partial charge < -0.3 is 15.2 Å². The third kappa shape index (κ3) is 5.11. The normalized spacial score (nSPS) is 18.0. The van der Waals surface area contributed by atoms with Crippen molar-refractivity contribution in [3.05, 3.63) is 29.6 Å². The Morgan fingerprint density at radius 1 is 1.36 bits per heavy atom. The molecular formula is C16H20FNO4. The third-order valence-electron chi connectivity index (χ3n) is 3.65. The van der Waals surface area contributed by atoms with Crippen molar-refractivity contribution in [3.63, 3.8) is 0 Å². The van der Waals surface area contributed by atoms with Crippen LogP contribution in [-0.2, 0) is 20.7 Å². The number of aliphatic carboxylic acids is 1. The Kier molecular flexibility index (Phi) is 5.89. The minimum Gasteiger partial charge on any atom is -0.481 e. The van der Waals surface area contributed by atoms with Crippen molar-refractivity contribution >= 4 is 17.6 Å². The van der Waals surface area contributed by atoms with Gasteiger partial charge in [0.15, 0.2) is 0 Å². The number of carboxylic acid groups (broad SMARTS) is 1. The van der Waals surface area contributed by atoms with Crippen LogP contribution in [0.15, 0.2) is 18.2 Å². The molecule has 2 rings (SSSR count). The van der Waals surface area contributed by atoms with E-state index in [9.17, 15) is 14.0 Å². The summed E-state index contributed by atoms with van der Waals surface area (Å²) in [5, 5.41) is 11.3. The zero-order valence-corrected chi connectivity index (χ0v) is 12.3. The van der Waals surface area contributed by atoms with Crippen LogP contribution < -0.4 is 5.32 Å². The lowest BCUT2D eigenvalue weighted by Gasteiger charge is -2.22. The molecule has 0 aliphatic carbocycles. The maximum absolute atomic E-state index is 13.7. The molecule has 0 aromatic heterocycles. The maximum atomic E-state index is 13.7. The summed E-state index contributed by atoms with van der Waals surface area (Å²) in [4.78, 5) is 22.4. The molecule has 5 nitrogen and oxygen atoms in total. The van der Waals surface area contributed by atoms with Crippen molar-refractivity contribution in [2.75, 3.05) is 11.9 Å². The Bertz CT molecular complexity index is 541. The molecule has 1 atom stereocenters. The van der Waals surface area contributed by atoms with Crippen LogP contribution in [0, 0.1) is 5.82 Å². The smallest absolute Gasteiger partial charge is 0.307 e. The summed E-state index contributed by atoms with van der Waals surface area (Å²) < 4.78 is 19.3. The van der Waals surface area contributed by atoms with Gasteiger partial charge in [0.25, 0.3) is 0 Å². The second kappa shape index (κ2) is 7.89. The summed E-state index contributed by atoms with van der Waals surface area (Å²) in [6, 6.07) is 4.03. The Labute approximate surface area is 128 Å². The summed E-state index contributed by atoms with van der Waals surface area (Å²) in [5.41, 5.74) is 0.433. The molecule has 2 N–H and O–H groups in total. The van der Waals surface area contributed by atoms with Crippen LogP contribution in [0.2, 0.25) is 0 Å². The number of amides is 1. The lowest BCUT2D eigenvalue weighted by atomic mass is 10.0. The molecule has 0 spiro atoms. The first-order valence-electron chi connectivity index (χ1n) is 7.46. The molecule has 1 aliphatic rings. The number of carbonyl (C=O) groups excluding carboxylic acids is 1. The predicted octanol–water partition coefficient (Wildman–Crippen LogP) is 2.74. The van der Waals surface area contributed by atoms with Gasteiger partial charge in [-0.15, -0.1) is 0 Å². The van der Waals surface area contributed by atoms with E-state index in [4.69, 9.17) is 9.84 Å². The first-order valence-corrected chi connectivity index (χ1v) is 7.46. The predicted molar refractivity (Wildman–Crippen MR) is 79.2 cm³/mol. The first-order chi connectivity index (χ1) is 10.5. The molecule has 120 valence electrons. The molecule has 1 aromatic carbocycles. The summed E-state index contributed by atoms with van der Waals surface area (Å²) in [5.74, 6) is -1.92. The van der Waals surface area contributed by atoms with Gasteiger partial charge in [0.2, 0.25) is 5.91 Å². The highest BCUT2D eigenvalue weighted by atomic mass is 19.1. The summed E-state index contributed by atoms with van der Waals surface area (Å²) in [6.45, 7) is 0.753. The molecule has 6 heteroatoms. The highest BCUT2D eigenvalue weighted by molar-refractivity contribution is 5.90. The van der Waals surface area contributed by atoms with E-state index in [0.29, 0.717) is 18.5 Å². The molecule has 0 bridgehead atoms. The van der Waals surface area contributed by atoms with Crippen LogP contribution in [0.3, 0.4) is 0 Å². The van der Waals surface area contributed by atoms with Crippen molar-refractivity contribution in [2.45, 2.75) is 44.6 Å². The second-order valence-corrected chi connectivity index (χ2v) is 5.45. The zero-order valence-electron chi connectivity index (χ0n) is 12.3. The van der Waals surface area contributed by atoms with Gasteiger partial charge in [0, 0.05) is 18.7 Å². The van der Waals surface area contributed by atoms with Gasteiger partial charge in [-0.1, -0.05) is 6.07 Å². The van der Waals surface area contributed by atoms with Gasteiger partial charge in [0.05, 0.1) is 12.5 Å². The number of carboxylic acids is 1. The first kappa shape index (κ1) is 16.4. The van der Waals surface area contributed by atoms with Gasteiger partial charge in [-0.2, -0.15) is 0 Å². The van der Waals surface area contributed by atoms with Crippen LogP contribution in [0.25, 0.3) is 0 Å². The third-order valence-corrected chi connectivity index (χ3v) is 3.65. The van der Waals surface area contributed by atoms with Crippen LogP contribution in [-0.4, -0.2) is 29.7 Å². The Balaban J connectivity index is 1.83. The number of nitrogens with one attached hydrogen (secondary N) is 1. The minimum atomic E-state index is -1.09. The Morgan fingerprint density at radius 3 is 2.82 bits per heavy atom. The number of anilines is 1. The molecule has 1 aliphatic heterocycles. The van der Waals surface area contributed by atoms with Crippen LogP contribution >= 0.6 is 0 Å². The van der Waals surface area contributed by atoms with Crippen molar-refractivity contribution in [1.29, 1.82) is 0 Å². The molecule has 1 unspecified atom stereocenters. The van der Waals surface area contributed by atoms with Gasteiger partial charge in [-0.05, 0) is 43.4 Å². The molecule has 0 radical (unpaired) electrons. The fraction of sp³-hybridized carbons (Fsp3) is 0.500. The Hall–Kier alpha value is -1.95. The molecule has 0 saturated carbocycles. The van der Waals surface area contributed by atoms with Crippen molar-refractivity contribution in [1.82, 2.24) is 0 Å². The zero-order chi connectivity index (χ0) is 15.9. The number of hydrogen-bond acceptors (Lipinski definition) is 3. The second-order valence-electron chi connectivity index (χ2n) is 5.45. The van der Waals surface area contributed by atoms with Gasteiger partial charge >= 0.3 is 5.97 Å². The summed E-state index contributed by atoms with van der Waals surface area (Å²) >= 11 is 0. The minimum absolute atomic E-state index is 0.0982. The van der Waals surface area contributed by atoms with Gasteiger partial charge in [-0.25, -0.2) is 4.39 Å². The number of rotatable bonds is 6. The number of benzene rings is 1. The van der Waals surface area contributed by atoms with E-state index in [1.165, 1.54) is 12.1 Å². The van der Waals surface area contributed by atoms with Gasteiger partial charge in [-0.3, -0.25) is 9.59 Å². The van der Waals surface area contributed by atoms with Crippen LogP contribution in [0.1, 0.15) is 37.7 Å². The topological polar surface area (TPSA) is 75.6 Å². The molecule has 1 saturated heterocycles. The largest absolute Gasteiger partial charge is 0.481 e. The molecule has 1 amide bonds. The SMILES string of the molecule is O=C(O)Cc1ccc(NC(=O)CCC2CCCCO2)cc1F. The standard InChI is InChI=1S/C16H20FNO4/c17-14-10-12(5-4-11(14)9-16(20)21)18-15(19)7-6-13-3-1-2-8-22-13/h4-5,10,13H,1-3,6-9H2,(H,18,19)(H,20,21). The van der Waals surface area contributed by atoms with E-state index in [-0.39, 0.29) is 24.0 Å². The number of carbonyl (C=O) groups is 2. The van der Waals surface area contributed by atoms with E-state index in [1.54, 1.807) is 0 Å². The van der Waals surface area contributed by atoms with E-state index in [1.807, 2.05) is 0 Å². The Morgan fingerprint density at radius 2 is 2.18 bits per heavy atom. The van der Waals surface area contributed by atoms with Crippen LogP contribution in [0.5, 0.6) is 0 Å². The van der Waals surface area contributed by atoms with E-state index in [2.05, 4.69) is 5.32 Å². The molecule has 22 heavy (non-hydrogen) atoms. The average Bonchev–Trinajstić information content (AvgIpc) is 2.49. The molecule has 1 heterocycles. The molecule has 1 fully saturated rings. The number of halogens is 1. The van der Waals surface area contributed by atoms with Crippen molar-refractivity contribution < 1.29 is 23.8 Å². The van der Waals surface area contributed by atoms with Crippen molar-refractivity contribution in [2.24, 2.45) is 0 Å². The quantitative estimate of drug-likeness (QED) is 0.847. The lowest BCUT2D eigenvalue weighted by molar-refractivity contribution is -0.136.